The smallest absolute Gasteiger partial charge is 0.407 e. The molecule has 1 amide bonds. The van der Waals surface area contributed by atoms with Crippen LogP contribution in [0.25, 0.3) is 16.9 Å². The van der Waals surface area contributed by atoms with E-state index in [0.29, 0.717) is 24.1 Å². The average molecular weight is 594 g/mol. The molecule has 0 radical (unpaired) electrons. The highest BCUT2D eigenvalue weighted by atomic mass is 79.9. The first-order valence-corrected chi connectivity index (χ1v) is 14.0. The lowest BCUT2D eigenvalue weighted by Crippen LogP contribution is -2.50. The Kier molecular flexibility index (Phi) is 7.97. The third-order valence-corrected chi connectivity index (χ3v) is 7.03. The standard InChI is InChI=1S/C28H33BrN8O2/c1-28(2,3)39-27(38)34-23-10-5-4-9-22(23)33-25-35-24-20(29)17-32-37(24)26(36-25)31-16-18-11-13-19(14-12-18)21-8-6-7-15-30-21/h6-8,11-15,17,22-23H,4-5,9-10,16H2,1-3H3,(H,34,38)(H2,31,33,35,36)/t22-,23+/m1/s1. The molecule has 3 aromatic heterocycles. The van der Waals surface area contributed by atoms with Gasteiger partial charge in [0.2, 0.25) is 11.9 Å². The van der Waals surface area contributed by atoms with E-state index >= 15 is 0 Å². The van der Waals surface area contributed by atoms with Gasteiger partial charge in [0.15, 0.2) is 5.65 Å². The van der Waals surface area contributed by atoms with Gasteiger partial charge in [-0.25, -0.2) is 4.79 Å². The molecule has 1 aromatic carbocycles. The summed E-state index contributed by atoms with van der Waals surface area (Å²) < 4.78 is 7.93. The first kappa shape index (κ1) is 26.9. The Balaban J connectivity index is 1.31. The molecule has 1 aliphatic rings. The lowest BCUT2D eigenvalue weighted by atomic mass is 9.90. The van der Waals surface area contributed by atoms with Crippen molar-refractivity contribution in [3.05, 3.63) is 64.9 Å². The molecule has 0 spiro atoms. The Labute approximate surface area is 236 Å². The molecule has 0 aliphatic heterocycles. The van der Waals surface area contributed by atoms with Gasteiger partial charge in [0.1, 0.15) is 5.60 Å². The normalized spacial score (nSPS) is 17.5. The van der Waals surface area contributed by atoms with E-state index in [1.165, 1.54) is 0 Å². The Morgan fingerprint density at radius 3 is 2.56 bits per heavy atom. The molecule has 10 nitrogen and oxygen atoms in total. The molecule has 39 heavy (non-hydrogen) atoms. The third kappa shape index (κ3) is 6.83. The van der Waals surface area contributed by atoms with Crippen LogP contribution in [0.15, 0.2) is 59.3 Å². The molecule has 3 N–H and O–H groups in total. The van der Waals surface area contributed by atoms with Crippen molar-refractivity contribution in [3.8, 4) is 11.3 Å². The highest BCUT2D eigenvalue weighted by Gasteiger charge is 2.29. The van der Waals surface area contributed by atoms with Crippen LogP contribution in [0.4, 0.5) is 16.7 Å². The lowest BCUT2D eigenvalue weighted by molar-refractivity contribution is 0.0488. The number of benzene rings is 1. The van der Waals surface area contributed by atoms with Crippen LogP contribution in [0.5, 0.6) is 0 Å². The zero-order valence-electron chi connectivity index (χ0n) is 22.3. The molecule has 5 rings (SSSR count). The van der Waals surface area contributed by atoms with E-state index in [1.807, 2.05) is 39.0 Å². The minimum Gasteiger partial charge on any atom is -0.444 e. The number of aromatic nitrogens is 5. The molecule has 204 valence electrons. The zero-order chi connectivity index (χ0) is 27.4. The Morgan fingerprint density at radius 1 is 1.08 bits per heavy atom. The number of halogens is 1. The van der Waals surface area contributed by atoms with Crippen molar-refractivity contribution in [2.45, 2.75) is 70.7 Å². The fourth-order valence-electron chi connectivity index (χ4n) is 4.64. The monoisotopic (exact) mass is 592 g/mol. The fourth-order valence-corrected chi connectivity index (χ4v) is 4.99. The number of amides is 1. The summed E-state index contributed by atoms with van der Waals surface area (Å²) in [6.45, 7) is 6.13. The number of carbonyl (C=O) groups excluding carboxylic acids is 1. The van der Waals surface area contributed by atoms with Crippen molar-refractivity contribution in [2.75, 3.05) is 10.6 Å². The fraction of sp³-hybridized carbons (Fsp3) is 0.393. The Bertz CT molecular complexity index is 1420. The summed E-state index contributed by atoms with van der Waals surface area (Å²) in [5.74, 6) is 1.04. The highest BCUT2D eigenvalue weighted by molar-refractivity contribution is 9.10. The summed E-state index contributed by atoms with van der Waals surface area (Å²) in [6, 6.07) is 14.0. The third-order valence-electron chi connectivity index (χ3n) is 6.47. The summed E-state index contributed by atoms with van der Waals surface area (Å²) in [5, 5.41) is 14.4. The second-order valence-electron chi connectivity index (χ2n) is 10.7. The van der Waals surface area contributed by atoms with Gasteiger partial charge in [-0.3, -0.25) is 4.98 Å². The molecule has 0 unspecified atom stereocenters. The Morgan fingerprint density at radius 2 is 1.85 bits per heavy atom. The Hall–Kier alpha value is -3.73. The maximum Gasteiger partial charge on any atom is 0.407 e. The number of nitrogens with one attached hydrogen (secondary N) is 3. The topological polar surface area (TPSA) is 118 Å². The number of hydrogen-bond acceptors (Lipinski definition) is 8. The summed E-state index contributed by atoms with van der Waals surface area (Å²) in [5.41, 5.74) is 3.19. The summed E-state index contributed by atoms with van der Waals surface area (Å²) in [6.07, 6.45) is 6.93. The number of pyridine rings is 1. The van der Waals surface area contributed by atoms with Gasteiger partial charge in [0.25, 0.3) is 0 Å². The molecular weight excluding hydrogens is 560 g/mol. The van der Waals surface area contributed by atoms with Gasteiger partial charge in [-0.15, -0.1) is 0 Å². The predicted molar refractivity (Wildman–Crippen MR) is 155 cm³/mol. The van der Waals surface area contributed by atoms with Crippen LogP contribution in [-0.2, 0) is 11.3 Å². The van der Waals surface area contributed by atoms with Crippen LogP contribution in [0, 0.1) is 0 Å². The van der Waals surface area contributed by atoms with E-state index in [4.69, 9.17) is 14.7 Å². The van der Waals surface area contributed by atoms with Gasteiger partial charge < -0.3 is 20.7 Å². The minimum absolute atomic E-state index is 0.0256. The maximum absolute atomic E-state index is 12.5. The van der Waals surface area contributed by atoms with Crippen LogP contribution in [0.2, 0.25) is 0 Å². The number of nitrogens with zero attached hydrogens (tertiary/aromatic N) is 5. The molecule has 1 aliphatic carbocycles. The van der Waals surface area contributed by atoms with Crippen LogP contribution < -0.4 is 16.0 Å². The zero-order valence-corrected chi connectivity index (χ0v) is 23.9. The van der Waals surface area contributed by atoms with Crippen molar-refractivity contribution in [3.63, 3.8) is 0 Å². The summed E-state index contributed by atoms with van der Waals surface area (Å²) in [7, 11) is 0. The van der Waals surface area contributed by atoms with Crippen LogP contribution >= 0.6 is 15.9 Å². The molecule has 1 saturated carbocycles. The highest BCUT2D eigenvalue weighted by Crippen LogP contribution is 2.25. The van der Waals surface area contributed by atoms with Gasteiger partial charge in [0, 0.05) is 24.3 Å². The number of alkyl carbamates (subject to hydrolysis) is 1. The lowest BCUT2D eigenvalue weighted by Gasteiger charge is -2.33. The van der Waals surface area contributed by atoms with Gasteiger partial charge in [-0.2, -0.15) is 19.6 Å². The molecule has 0 saturated heterocycles. The van der Waals surface area contributed by atoms with E-state index in [2.05, 4.69) is 66.2 Å². The summed E-state index contributed by atoms with van der Waals surface area (Å²) >= 11 is 3.55. The van der Waals surface area contributed by atoms with Crippen LogP contribution in [-0.4, -0.2) is 48.3 Å². The number of anilines is 2. The predicted octanol–water partition coefficient (Wildman–Crippen LogP) is 5.81. The molecule has 0 bridgehead atoms. The molecule has 3 heterocycles. The van der Waals surface area contributed by atoms with E-state index < -0.39 is 11.7 Å². The maximum atomic E-state index is 12.5. The minimum atomic E-state index is -0.552. The van der Waals surface area contributed by atoms with Gasteiger partial charge >= 0.3 is 6.09 Å². The van der Waals surface area contributed by atoms with Crippen LogP contribution in [0.1, 0.15) is 52.0 Å². The average Bonchev–Trinajstić information content (AvgIpc) is 3.29. The van der Waals surface area contributed by atoms with Crippen molar-refractivity contribution in [1.82, 2.24) is 29.9 Å². The van der Waals surface area contributed by atoms with Gasteiger partial charge in [-0.05, 0) is 67.2 Å². The molecular formula is C28H33BrN8O2. The number of fused-ring (bicyclic) bond motifs is 1. The van der Waals surface area contributed by atoms with E-state index in [0.717, 1.165) is 47.0 Å². The molecule has 2 atom stereocenters. The largest absolute Gasteiger partial charge is 0.444 e. The van der Waals surface area contributed by atoms with Crippen molar-refractivity contribution in [2.24, 2.45) is 0 Å². The first-order valence-electron chi connectivity index (χ1n) is 13.2. The molecule has 11 heteroatoms. The quantitative estimate of drug-likeness (QED) is 0.246. The van der Waals surface area contributed by atoms with Crippen LogP contribution in [0.3, 0.4) is 0 Å². The van der Waals surface area contributed by atoms with Crippen molar-refractivity contribution < 1.29 is 9.53 Å². The van der Waals surface area contributed by atoms with E-state index in [-0.39, 0.29) is 12.1 Å². The summed E-state index contributed by atoms with van der Waals surface area (Å²) in [4.78, 5) is 26.3. The van der Waals surface area contributed by atoms with Gasteiger partial charge in [-0.1, -0.05) is 43.2 Å². The van der Waals surface area contributed by atoms with Crippen molar-refractivity contribution >= 4 is 39.6 Å². The number of ether oxygens (including phenoxy) is 1. The number of rotatable bonds is 7. The van der Waals surface area contributed by atoms with Crippen molar-refractivity contribution in [1.29, 1.82) is 0 Å². The second-order valence-corrected chi connectivity index (χ2v) is 11.5. The molecule has 4 aromatic rings. The number of hydrogen-bond donors (Lipinski definition) is 3. The first-order chi connectivity index (χ1) is 18.7. The second kappa shape index (κ2) is 11.6. The SMILES string of the molecule is CC(C)(C)OC(=O)N[C@H]1CCCC[C@H]1Nc1nc(NCc2ccc(-c3ccccn3)cc2)n2ncc(Br)c2n1. The molecule has 1 fully saturated rings. The van der Waals surface area contributed by atoms with Gasteiger partial charge in [0.05, 0.1) is 22.4 Å². The van der Waals surface area contributed by atoms with E-state index in [1.54, 1.807) is 16.9 Å². The number of carbonyl (C=O) groups is 1. The van der Waals surface area contributed by atoms with E-state index in [9.17, 15) is 4.79 Å².